The van der Waals surface area contributed by atoms with E-state index in [1.54, 1.807) is 0 Å². The average molecular weight is 260 g/mol. The first-order chi connectivity index (χ1) is 8.46. The summed E-state index contributed by atoms with van der Waals surface area (Å²) < 4.78 is 5.34. The number of hydrogen-bond acceptors (Lipinski definition) is 3. The molecule has 0 aliphatic rings. The Morgan fingerprint density at radius 1 is 1.06 bits per heavy atom. The molecule has 1 aromatic heterocycles. The number of thiophene rings is 1. The van der Waals surface area contributed by atoms with Crippen molar-refractivity contribution < 1.29 is 9.53 Å². The van der Waals surface area contributed by atoms with Gasteiger partial charge in [0.15, 0.2) is 0 Å². The molecule has 2 rings (SSSR count). The van der Waals surface area contributed by atoms with Crippen LogP contribution >= 0.6 is 11.3 Å². The molecule has 0 fully saturated rings. The van der Waals surface area contributed by atoms with Crippen LogP contribution in [0.15, 0.2) is 42.5 Å². The van der Waals surface area contributed by atoms with Crippen LogP contribution in [-0.2, 0) is 4.74 Å². The van der Waals surface area contributed by atoms with E-state index in [1.165, 1.54) is 11.3 Å². The predicted octanol–water partition coefficient (Wildman–Crippen LogP) is 4.37. The van der Waals surface area contributed by atoms with Crippen molar-refractivity contribution in [2.45, 2.75) is 26.4 Å². The van der Waals surface area contributed by atoms with Crippen molar-refractivity contribution >= 4 is 17.3 Å². The van der Waals surface area contributed by atoms with E-state index in [0.29, 0.717) is 4.88 Å². The molecule has 1 aromatic carbocycles. The quantitative estimate of drug-likeness (QED) is 0.749. The molecule has 0 atom stereocenters. The summed E-state index contributed by atoms with van der Waals surface area (Å²) >= 11 is 1.46. The van der Waals surface area contributed by atoms with Gasteiger partial charge in [-0.2, -0.15) is 0 Å². The van der Waals surface area contributed by atoms with E-state index in [1.807, 2.05) is 63.2 Å². The van der Waals surface area contributed by atoms with E-state index in [9.17, 15) is 4.79 Å². The highest BCUT2D eigenvalue weighted by Crippen LogP contribution is 2.28. The Morgan fingerprint density at radius 3 is 2.33 bits per heavy atom. The molecule has 18 heavy (non-hydrogen) atoms. The first-order valence-electron chi connectivity index (χ1n) is 5.84. The second-order valence-corrected chi connectivity index (χ2v) is 6.12. The Labute approximate surface area is 111 Å². The van der Waals surface area contributed by atoms with Gasteiger partial charge < -0.3 is 4.74 Å². The lowest BCUT2D eigenvalue weighted by Gasteiger charge is -2.18. The highest BCUT2D eigenvalue weighted by molar-refractivity contribution is 7.17. The summed E-state index contributed by atoms with van der Waals surface area (Å²) in [5.74, 6) is -0.255. The monoisotopic (exact) mass is 260 g/mol. The summed E-state index contributed by atoms with van der Waals surface area (Å²) in [5, 5.41) is 0. The third-order valence-electron chi connectivity index (χ3n) is 2.26. The molecular weight excluding hydrogens is 244 g/mol. The molecule has 94 valence electrons. The van der Waals surface area contributed by atoms with Gasteiger partial charge in [-0.1, -0.05) is 30.3 Å². The van der Waals surface area contributed by atoms with Crippen molar-refractivity contribution in [1.29, 1.82) is 0 Å². The van der Waals surface area contributed by atoms with Gasteiger partial charge in [0.2, 0.25) is 0 Å². The maximum absolute atomic E-state index is 11.9. The minimum Gasteiger partial charge on any atom is -0.456 e. The van der Waals surface area contributed by atoms with Crippen LogP contribution in [0.5, 0.6) is 0 Å². The van der Waals surface area contributed by atoms with E-state index in [4.69, 9.17) is 4.74 Å². The van der Waals surface area contributed by atoms with Crippen molar-refractivity contribution in [3.63, 3.8) is 0 Å². The minimum absolute atomic E-state index is 0.255. The van der Waals surface area contributed by atoms with Crippen LogP contribution in [0.4, 0.5) is 0 Å². The molecule has 0 aliphatic heterocycles. The molecule has 0 N–H and O–H groups in total. The Hall–Kier alpha value is -1.61. The lowest BCUT2D eigenvalue weighted by molar-refractivity contribution is 0.00752. The number of benzene rings is 1. The normalized spacial score (nSPS) is 11.3. The molecule has 2 nitrogen and oxygen atoms in total. The van der Waals surface area contributed by atoms with Crippen molar-refractivity contribution in [1.82, 2.24) is 0 Å². The lowest BCUT2D eigenvalue weighted by atomic mass is 10.2. The van der Waals surface area contributed by atoms with Crippen LogP contribution in [0.25, 0.3) is 10.4 Å². The zero-order valence-corrected chi connectivity index (χ0v) is 11.6. The Balaban J connectivity index is 2.19. The summed E-state index contributed by atoms with van der Waals surface area (Å²) in [4.78, 5) is 13.6. The van der Waals surface area contributed by atoms with Crippen LogP contribution in [0.3, 0.4) is 0 Å². The van der Waals surface area contributed by atoms with E-state index in [0.717, 1.165) is 10.4 Å². The fraction of sp³-hybridized carbons (Fsp3) is 0.267. The number of rotatable bonds is 2. The number of carbonyl (C=O) groups excluding carboxylic acids is 1. The van der Waals surface area contributed by atoms with Gasteiger partial charge in [0.25, 0.3) is 0 Å². The maximum atomic E-state index is 11.9. The van der Waals surface area contributed by atoms with Gasteiger partial charge in [-0.3, -0.25) is 0 Å². The summed E-state index contributed by atoms with van der Waals surface area (Å²) in [7, 11) is 0. The first kappa shape index (κ1) is 12.8. The highest BCUT2D eigenvalue weighted by Gasteiger charge is 2.19. The second-order valence-electron chi connectivity index (χ2n) is 5.03. The first-order valence-corrected chi connectivity index (χ1v) is 6.66. The van der Waals surface area contributed by atoms with Crippen LogP contribution in [0.2, 0.25) is 0 Å². The van der Waals surface area contributed by atoms with Crippen LogP contribution in [0.1, 0.15) is 30.4 Å². The lowest BCUT2D eigenvalue weighted by Crippen LogP contribution is -2.23. The molecule has 2 aromatic rings. The van der Waals surface area contributed by atoms with Crippen molar-refractivity contribution in [2.24, 2.45) is 0 Å². The number of hydrogen-bond donors (Lipinski definition) is 0. The molecule has 0 amide bonds. The van der Waals surface area contributed by atoms with E-state index in [2.05, 4.69) is 0 Å². The number of esters is 1. The Kier molecular flexibility index (Phi) is 3.53. The molecule has 0 bridgehead atoms. The van der Waals surface area contributed by atoms with Gasteiger partial charge in [0, 0.05) is 4.88 Å². The van der Waals surface area contributed by atoms with Crippen LogP contribution < -0.4 is 0 Å². The minimum atomic E-state index is -0.450. The van der Waals surface area contributed by atoms with Gasteiger partial charge in [0.1, 0.15) is 10.5 Å². The van der Waals surface area contributed by atoms with E-state index in [-0.39, 0.29) is 5.97 Å². The third kappa shape index (κ3) is 3.20. The fourth-order valence-electron chi connectivity index (χ4n) is 1.53. The predicted molar refractivity (Wildman–Crippen MR) is 74.9 cm³/mol. The molecule has 0 unspecified atom stereocenters. The molecule has 0 aliphatic carbocycles. The molecule has 0 saturated carbocycles. The van der Waals surface area contributed by atoms with E-state index < -0.39 is 5.60 Å². The molecule has 0 radical (unpaired) electrons. The Bertz CT molecular complexity index is 535. The molecule has 3 heteroatoms. The second kappa shape index (κ2) is 4.94. The zero-order valence-electron chi connectivity index (χ0n) is 10.8. The standard InChI is InChI=1S/C15H16O2S/c1-15(2,3)17-14(16)13-10-9-12(18-13)11-7-5-4-6-8-11/h4-10H,1-3H3. The highest BCUT2D eigenvalue weighted by atomic mass is 32.1. The summed E-state index contributed by atoms with van der Waals surface area (Å²) in [5.41, 5.74) is 0.672. The molecular formula is C15H16O2S. The van der Waals surface area contributed by atoms with Crippen molar-refractivity contribution in [3.8, 4) is 10.4 Å². The number of carbonyl (C=O) groups is 1. The topological polar surface area (TPSA) is 26.3 Å². The molecule has 0 saturated heterocycles. The van der Waals surface area contributed by atoms with Crippen LogP contribution in [-0.4, -0.2) is 11.6 Å². The van der Waals surface area contributed by atoms with Crippen molar-refractivity contribution in [2.75, 3.05) is 0 Å². The third-order valence-corrected chi connectivity index (χ3v) is 3.38. The zero-order chi connectivity index (χ0) is 13.2. The average Bonchev–Trinajstić information content (AvgIpc) is 2.77. The van der Waals surface area contributed by atoms with Gasteiger partial charge in [-0.25, -0.2) is 4.79 Å². The van der Waals surface area contributed by atoms with Crippen molar-refractivity contribution in [3.05, 3.63) is 47.3 Å². The summed E-state index contributed by atoms with van der Waals surface area (Å²) in [6, 6.07) is 13.8. The van der Waals surface area contributed by atoms with Gasteiger partial charge in [0.05, 0.1) is 0 Å². The van der Waals surface area contributed by atoms with Gasteiger partial charge in [-0.15, -0.1) is 11.3 Å². The van der Waals surface area contributed by atoms with E-state index >= 15 is 0 Å². The fourth-order valence-corrected chi connectivity index (χ4v) is 2.42. The Morgan fingerprint density at radius 2 is 1.72 bits per heavy atom. The van der Waals surface area contributed by atoms with Gasteiger partial charge in [-0.05, 0) is 38.5 Å². The van der Waals surface area contributed by atoms with Gasteiger partial charge >= 0.3 is 5.97 Å². The summed E-state index contributed by atoms with van der Waals surface area (Å²) in [6.07, 6.45) is 0. The summed E-state index contributed by atoms with van der Waals surface area (Å²) in [6.45, 7) is 5.61. The molecule has 1 heterocycles. The number of ether oxygens (including phenoxy) is 1. The largest absolute Gasteiger partial charge is 0.456 e. The molecule has 0 spiro atoms. The van der Waals surface area contributed by atoms with Crippen LogP contribution in [0, 0.1) is 0 Å². The SMILES string of the molecule is CC(C)(C)OC(=O)c1ccc(-c2ccccc2)s1. The maximum Gasteiger partial charge on any atom is 0.348 e. The smallest absolute Gasteiger partial charge is 0.348 e.